The maximum Gasteiger partial charge on any atom is 0.335 e. The number of benzene rings is 1. The van der Waals surface area contributed by atoms with E-state index in [2.05, 4.69) is 69.9 Å². The van der Waals surface area contributed by atoms with Crippen molar-refractivity contribution in [3.63, 3.8) is 0 Å². The summed E-state index contributed by atoms with van der Waals surface area (Å²) in [6.07, 6.45) is 5.44. The number of rotatable bonds is 8. The number of nitrogens with zero attached hydrogens (tertiary/aromatic N) is 5. The molecule has 4 aromatic rings. The molecule has 2 aliphatic rings. The second-order valence-electron chi connectivity index (χ2n) is 13.1. The van der Waals surface area contributed by atoms with Gasteiger partial charge in [0.2, 0.25) is 11.7 Å². The molecule has 0 amide bonds. The standard InChI is InChI=1S/C31H45N5O5Si2/c1-20(2)42(21(3)4)38-18-26-25(40-43(41-42,22(5)6)23(7)8)16-27(39-26)36-19-33-28-29(37-17-24-12-10-9-11-13-24)34-31-32-14-15-35(31)30(28)36/h9-15,19-23,25-27H,16-18H2,1-8H3/t25-,26+,27+/m0/s1. The molecule has 5 heterocycles. The van der Waals surface area contributed by atoms with E-state index in [1.807, 2.05) is 47.3 Å². The third-order valence-corrected chi connectivity index (χ3v) is 19.4. The molecule has 0 aliphatic carbocycles. The van der Waals surface area contributed by atoms with Crippen LogP contribution in [0.5, 0.6) is 5.88 Å². The fourth-order valence-corrected chi connectivity index (χ4v) is 18.0. The molecule has 2 fully saturated rings. The lowest BCUT2D eigenvalue weighted by atomic mass is 10.2. The van der Waals surface area contributed by atoms with Gasteiger partial charge in [-0.2, -0.15) is 4.98 Å². The number of fused-ring (bicyclic) bond motifs is 4. The van der Waals surface area contributed by atoms with Gasteiger partial charge in [-0.25, -0.2) is 9.97 Å². The molecule has 0 N–H and O–H groups in total. The molecule has 0 bridgehead atoms. The number of hydrogen-bond donors (Lipinski definition) is 0. The first-order valence-electron chi connectivity index (χ1n) is 15.6. The molecule has 2 aliphatic heterocycles. The van der Waals surface area contributed by atoms with Crippen LogP contribution < -0.4 is 4.74 Å². The summed E-state index contributed by atoms with van der Waals surface area (Å²) in [6, 6.07) is 10.0. The topological polar surface area (TPSA) is 94.2 Å². The van der Waals surface area contributed by atoms with Gasteiger partial charge in [0.15, 0.2) is 11.2 Å². The van der Waals surface area contributed by atoms with Crippen LogP contribution in [-0.4, -0.2) is 59.9 Å². The average Bonchev–Trinajstić information content (AvgIpc) is 3.70. The fourth-order valence-electron chi connectivity index (χ4n) is 6.78. The van der Waals surface area contributed by atoms with Gasteiger partial charge in [-0.15, -0.1) is 0 Å². The molecule has 1 aromatic carbocycles. The van der Waals surface area contributed by atoms with E-state index in [0.29, 0.717) is 36.8 Å². The van der Waals surface area contributed by atoms with E-state index < -0.39 is 17.1 Å². The van der Waals surface area contributed by atoms with Gasteiger partial charge in [0.05, 0.1) is 19.0 Å². The predicted molar refractivity (Wildman–Crippen MR) is 169 cm³/mol. The molecule has 43 heavy (non-hydrogen) atoms. The quantitative estimate of drug-likeness (QED) is 0.196. The van der Waals surface area contributed by atoms with Crippen molar-refractivity contribution in [3.8, 4) is 5.88 Å². The first-order chi connectivity index (χ1) is 20.6. The molecule has 0 saturated carbocycles. The first-order valence-corrected chi connectivity index (χ1v) is 19.5. The Morgan fingerprint density at radius 1 is 0.907 bits per heavy atom. The number of hydrogen-bond acceptors (Lipinski definition) is 8. The highest BCUT2D eigenvalue weighted by molar-refractivity contribution is 6.83. The second-order valence-corrected chi connectivity index (χ2v) is 22.0. The Labute approximate surface area is 256 Å². The van der Waals surface area contributed by atoms with Crippen LogP contribution in [0.2, 0.25) is 22.2 Å². The van der Waals surface area contributed by atoms with Gasteiger partial charge in [0.1, 0.15) is 18.9 Å². The Bertz CT molecular complexity index is 1540. The van der Waals surface area contributed by atoms with Crippen LogP contribution in [0.25, 0.3) is 16.9 Å². The minimum Gasteiger partial charge on any atom is -0.471 e. The zero-order valence-corrected chi connectivity index (χ0v) is 28.6. The Morgan fingerprint density at radius 3 is 2.28 bits per heavy atom. The molecule has 12 heteroatoms. The summed E-state index contributed by atoms with van der Waals surface area (Å²) in [6.45, 7) is 18.8. The lowest BCUT2D eigenvalue weighted by Crippen LogP contribution is -2.65. The van der Waals surface area contributed by atoms with Gasteiger partial charge < -0.3 is 22.4 Å². The SMILES string of the molecule is CC(C)[Si]1(C(C)C)OC[C@H]2O[C@@H](n3cnc4c(OCc5ccccc5)nc5nccn5c43)C[C@@H]2O[Si](C(C)C)(C(C)C)O1. The molecule has 10 nitrogen and oxygen atoms in total. The third-order valence-electron chi connectivity index (χ3n) is 9.08. The lowest BCUT2D eigenvalue weighted by Gasteiger charge is -2.51. The zero-order valence-electron chi connectivity index (χ0n) is 26.6. The van der Waals surface area contributed by atoms with Crippen molar-refractivity contribution in [2.75, 3.05) is 6.61 Å². The van der Waals surface area contributed by atoms with Gasteiger partial charge in [-0.3, -0.25) is 8.97 Å². The van der Waals surface area contributed by atoms with E-state index in [-0.39, 0.29) is 40.6 Å². The van der Waals surface area contributed by atoms with Crippen molar-refractivity contribution in [1.82, 2.24) is 23.9 Å². The number of imidazole rings is 2. The van der Waals surface area contributed by atoms with Crippen LogP contribution in [0.1, 0.15) is 73.6 Å². The summed E-state index contributed by atoms with van der Waals surface area (Å²) in [7, 11) is -5.38. The molecule has 0 unspecified atom stereocenters. The smallest absolute Gasteiger partial charge is 0.335 e. The Kier molecular flexibility index (Phi) is 8.28. The maximum absolute atomic E-state index is 7.36. The van der Waals surface area contributed by atoms with Crippen LogP contribution in [0.4, 0.5) is 0 Å². The molecular weight excluding hydrogens is 579 g/mol. The van der Waals surface area contributed by atoms with E-state index in [0.717, 1.165) is 11.2 Å². The number of ether oxygens (including phenoxy) is 2. The average molecular weight is 624 g/mol. The molecule has 232 valence electrons. The Morgan fingerprint density at radius 2 is 1.60 bits per heavy atom. The van der Waals surface area contributed by atoms with Gasteiger partial charge >= 0.3 is 17.1 Å². The molecule has 6 rings (SSSR count). The van der Waals surface area contributed by atoms with E-state index in [1.54, 1.807) is 6.20 Å². The van der Waals surface area contributed by atoms with E-state index in [1.165, 1.54) is 0 Å². The largest absolute Gasteiger partial charge is 0.471 e. The highest BCUT2D eigenvalue weighted by Crippen LogP contribution is 2.48. The van der Waals surface area contributed by atoms with Crippen LogP contribution in [0.15, 0.2) is 49.1 Å². The van der Waals surface area contributed by atoms with Crippen LogP contribution >= 0.6 is 0 Å². The summed E-state index contributed by atoms with van der Waals surface area (Å²) >= 11 is 0. The van der Waals surface area contributed by atoms with Crippen molar-refractivity contribution >= 4 is 34.1 Å². The molecule has 0 radical (unpaired) electrons. The second kappa shape index (κ2) is 11.7. The molecule has 3 atom stereocenters. The highest BCUT2D eigenvalue weighted by Gasteiger charge is 2.60. The van der Waals surface area contributed by atoms with E-state index >= 15 is 0 Å². The van der Waals surface area contributed by atoms with Crippen molar-refractivity contribution in [2.45, 2.75) is 109 Å². The minimum atomic E-state index is -2.73. The summed E-state index contributed by atoms with van der Waals surface area (Å²) < 4.78 is 38.6. The van der Waals surface area contributed by atoms with E-state index in [4.69, 9.17) is 27.4 Å². The molecule has 3 aromatic heterocycles. The van der Waals surface area contributed by atoms with Crippen LogP contribution in [-0.2, 0) is 24.3 Å². The predicted octanol–water partition coefficient (Wildman–Crippen LogP) is 6.90. The summed E-state index contributed by atoms with van der Waals surface area (Å²) in [5.41, 5.74) is 3.62. The lowest BCUT2D eigenvalue weighted by molar-refractivity contribution is -0.0544. The van der Waals surface area contributed by atoms with Crippen LogP contribution in [0, 0.1) is 0 Å². The zero-order chi connectivity index (χ0) is 30.5. The molecular formula is C31H45N5O5Si2. The van der Waals surface area contributed by atoms with Gasteiger partial charge in [-0.1, -0.05) is 85.7 Å². The van der Waals surface area contributed by atoms with Gasteiger partial charge in [0, 0.05) is 18.8 Å². The Hall–Kier alpha value is -2.62. The van der Waals surface area contributed by atoms with Crippen molar-refractivity contribution in [1.29, 1.82) is 0 Å². The highest BCUT2D eigenvalue weighted by atomic mass is 28.5. The monoisotopic (exact) mass is 623 g/mol. The van der Waals surface area contributed by atoms with Crippen LogP contribution in [0.3, 0.4) is 0 Å². The third kappa shape index (κ3) is 5.25. The molecule has 0 spiro atoms. The Balaban J connectivity index is 1.36. The van der Waals surface area contributed by atoms with Crippen molar-refractivity contribution < 1.29 is 22.4 Å². The van der Waals surface area contributed by atoms with Crippen molar-refractivity contribution in [2.24, 2.45) is 0 Å². The minimum absolute atomic E-state index is 0.154. The van der Waals surface area contributed by atoms with Gasteiger partial charge in [0.25, 0.3) is 0 Å². The van der Waals surface area contributed by atoms with Crippen molar-refractivity contribution in [3.05, 3.63) is 54.6 Å². The maximum atomic E-state index is 7.36. The fraction of sp³-hybridized carbons (Fsp3) is 0.581. The first kappa shape index (κ1) is 30.4. The summed E-state index contributed by atoms with van der Waals surface area (Å²) in [5, 5.41) is 0. The van der Waals surface area contributed by atoms with Gasteiger partial charge in [-0.05, 0) is 27.7 Å². The normalized spacial score (nSPS) is 23.9. The van der Waals surface area contributed by atoms with E-state index in [9.17, 15) is 0 Å². The summed E-state index contributed by atoms with van der Waals surface area (Å²) in [4.78, 5) is 13.9. The summed E-state index contributed by atoms with van der Waals surface area (Å²) in [5.74, 6) is 0.994. The number of aromatic nitrogens is 5. The molecule has 2 saturated heterocycles.